The maximum absolute atomic E-state index is 11.6. The molecule has 0 bridgehead atoms. The second-order valence-electron chi connectivity index (χ2n) is 4.24. The van der Waals surface area contributed by atoms with E-state index >= 15 is 0 Å². The molecule has 1 rings (SSSR count). The van der Waals surface area contributed by atoms with E-state index in [0.29, 0.717) is 0 Å². The van der Waals surface area contributed by atoms with Crippen LogP contribution in [0, 0.1) is 6.92 Å². The van der Waals surface area contributed by atoms with Gasteiger partial charge in [-0.3, -0.25) is 4.79 Å². The zero-order chi connectivity index (χ0) is 12.1. The van der Waals surface area contributed by atoms with E-state index in [1.54, 1.807) is 6.92 Å². The smallest absolute Gasteiger partial charge is 0.219 e. The number of carbonyl (C=O) groups excluding carboxylic acids is 1. The van der Waals surface area contributed by atoms with Gasteiger partial charge in [-0.05, 0) is 31.4 Å². The van der Waals surface area contributed by atoms with Gasteiger partial charge in [-0.1, -0.05) is 31.2 Å². The minimum atomic E-state index is 0.151. The molecule has 16 heavy (non-hydrogen) atoms. The van der Waals surface area contributed by atoms with E-state index in [0.717, 1.165) is 13.0 Å². The average Bonchev–Trinajstić information content (AvgIpc) is 2.25. The first-order valence-electron chi connectivity index (χ1n) is 5.90. The number of rotatable bonds is 4. The first kappa shape index (κ1) is 12.8. The first-order valence-corrected chi connectivity index (χ1v) is 5.90. The Balaban J connectivity index is 2.94. The molecule has 0 saturated carbocycles. The summed E-state index contributed by atoms with van der Waals surface area (Å²) in [7, 11) is 0. The van der Waals surface area contributed by atoms with E-state index in [-0.39, 0.29) is 11.9 Å². The van der Waals surface area contributed by atoms with Crippen molar-refractivity contribution < 1.29 is 4.79 Å². The van der Waals surface area contributed by atoms with Gasteiger partial charge < -0.3 is 4.90 Å². The molecule has 1 amide bonds. The lowest BCUT2D eigenvalue weighted by atomic mass is 10.0. The van der Waals surface area contributed by atoms with Gasteiger partial charge in [0.25, 0.3) is 0 Å². The fourth-order valence-corrected chi connectivity index (χ4v) is 2.09. The SMILES string of the molecule is CCCN(C(C)=O)C(C)c1ccccc1C. The van der Waals surface area contributed by atoms with Crippen LogP contribution in [0.15, 0.2) is 24.3 Å². The molecular weight excluding hydrogens is 198 g/mol. The first-order chi connectivity index (χ1) is 7.57. The molecule has 0 N–H and O–H groups in total. The largest absolute Gasteiger partial charge is 0.336 e. The van der Waals surface area contributed by atoms with Crippen molar-refractivity contribution in [3.05, 3.63) is 35.4 Å². The molecular formula is C14H21NO. The predicted molar refractivity (Wildman–Crippen MR) is 67.3 cm³/mol. The molecule has 1 aromatic carbocycles. The standard InChI is InChI=1S/C14H21NO/c1-5-10-15(13(4)16)12(3)14-9-7-6-8-11(14)2/h6-9,12H,5,10H2,1-4H3. The summed E-state index contributed by atoms with van der Waals surface area (Å²) >= 11 is 0. The van der Waals surface area contributed by atoms with Gasteiger partial charge in [0.15, 0.2) is 0 Å². The fraction of sp³-hybridized carbons (Fsp3) is 0.500. The Morgan fingerprint density at radius 3 is 2.50 bits per heavy atom. The van der Waals surface area contributed by atoms with Gasteiger partial charge >= 0.3 is 0 Å². The van der Waals surface area contributed by atoms with Crippen molar-refractivity contribution in [3.8, 4) is 0 Å². The summed E-state index contributed by atoms with van der Waals surface area (Å²) < 4.78 is 0. The Kier molecular flexibility index (Phi) is 4.53. The molecule has 1 unspecified atom stereocenters. The molecule has 0 saturated heterocycles. The van der Waals surface area contributed by atoms with Gasteiger partial charge in [-0.25, -0.2) is 0 Å². The summed E-state index contributed by atoms with van der Waals surface area (Å²) in [6.45, 7) is 8.76. The van der Waals surface area contributed by atoms with Crippen LogP contribution in [0.4, 0.5) is 0 Å². The van der Waals surface area contributed by atoms with Crippen LogP contribution in [0.5, 0.6) is 0 Å². The summed E-state index contributed by atoms with van der Waals surface area (Å²) in [4.78, 5) is 13.5. The van der Waals surface area contributed by atoms with Crippen molar-refractivity contribution in [1.82, 2.24) is 4.90 Å². The Morgan fingerprint density at radius 1 is 1.38 bits per heavy atom. The molecule has 0 aliphatic rings. The highest BCUT2D eigenvalue weighted by atomic mass is 16.2. The molecule has 88 valence electrons. The van der Waals surface area contributed by atoms with Crippen molar-refractivity contribution in [3.63, 3.8) is 0 Å². The molecule has 0 aromatic heterocycles. The molecule has 0 radical (unpaired) electrons. The van der Waals surface area contributed by atoms with Crippen LogP contribution in [0.2, 0.25) is 0 Å². The lowest BCUT2D eigenvalue weighted by molar-refractivity contribution is -0.131. The van der Waals surface area contributed by atoms with E-state index in [9.17, 15) is 4.79 Å². The monoisotopic (exact) mass is 219 g/mol. The van der Waals surface area contributed by atoms with Crippen LogP contribution in [0.1, 0.15) is 44.4 Å². The van der Waals surface area contributed by atoms with Crippen molar-refractivity contribution >= 4 is 5.91 Å². The Hall–Kier alpha value is -1.31. The van der Waals surface area contributed by atoms with E-state index in [1.165, 1.54) is 11.1 Å². The number of aryl methyl sites for hydroxylation is 1. The fourth-order valence-electron chi connectivity index (χ4n) is 2.09. The summed E-state index contributed by atoms with van der Waals surface area (Å²) in [5.41, 5.74) is 2.49. The van der Waals surface area contributed by atoms with Crippen molar-refractivity contribution in [2.45, 2.75) is 40.2 Å². The van der Waals surface area contributed by atoms with Crippen LogP contribution >= 0.6 is 0 Å². The summed E-state index contributed by atoms with van der Waals surface area (Å²) in [5, 5.41) is 0. The molecule has 0 heterocycles. The second-order valence-corrected chi connectivity index (χ2v) is 4.24. The Bertz CT molecular complexity index is 360. The number of hydrogen-bond donors (Lipinski definition) is 0. The van der Waals surface area contributed by atoms with Crippen molar-refractivity contribution in [2.75, 3.05) is 6.54 Å². The maximum atomic E-state index is 11.6. The zero-order valence-electron chi connectivity index (χ0n) is 10.7. The number of hydrogen-bond acceptors (Lipinski definition) is 1. The third kappa shape index (κ3) is 2.84. The summed E-state index contributed by atoms with van der Waals surface area (Å²) in [6.07, 6.45) is 0.996. The number of nitrogens with zero attached hydrogens (tertiary/aromatic N) is 1. The van der Waals surface area contributed by atoms with E-state index < -0.39 is 0 Å². The number of amides is 1. The third-order valence-electron chi connectivity index (χ3n) is 2.98. The molecule has 0 spiro atoms. The van der Waals surface area contributed by atoms with Crippen molar-refractivity contribution in [2.24, 2.45) is 0 Å². The number of benzene rings is 1. The van der Waals surface area contributed by atoms with E-state index in [2.05, 4.69) is 32.9 Å². The minimum Gasteiger partial charge on any atom is -0.336 e. The van der Waals surface area contributed by atoms with Crippen LogP contribution < -0.4 is 0 Å². The Labute approximate surface area is 98.3 Å². The normalized spacial score (nSPS) is 12.2. The highest BCUT2D eigenvalue weighted by molar-refractivity contribution is 5.73. The molecule has 0 fully saturated rings. The summed E-state index contributed by atoms with van der Waals surface area (Å²) in [5.74, 6) is 0.151. The van der Waals surface area contributed by atoms with E-state index in [1.807, 2.05) is 17.0 Å². The van der Waals surface area contributed by atoms with E-state index in [4.69, 9.17) is 0 Å². The van der Waals surface area contributed by atoms with Crippen molar-refractivity contribution in [1.29, 1.82) is 0 Å². The summed E-state index contributed by atoms with van der Waals surface area (Å²) in [6, 6.07) is 8.42. The lowest BCUT2D eigenvalue weighted by Crippen LogP contribution is -2.32. The van der Waals surface area contributed by atoms with Crippen LogP contribution in [0.3, 0.4) is 0 Å². The topological polar surface area (TPSA) is 20.3 Å². The molecule has 0 aliphatic heterocycles. The molecule has 1 aromatic rings. The molecule has 2 nitrogen and oxygen atoms in total. The van der Waals surface area contributed by atoms with Gasteiger partial charge in [-0.2, -0.15) is 0 Å². The quantitative estimate of drug-likeness (QED) is 0.760. The van der Waals surface area contributed by atoms with Gasteiger partial charge in [0.05, 0.1) is 6.04 Å². The molecule has 0 aliphatic carbocycles. The minimum absolute atomic E-state index is 0.151. The molecule has 2 heteroatoms. The second kappa shape index (κ2) is 5.69. The highest BCUT2D eigenvalue weighted by Gasteiger charge is 2.18. The van der Waals surface area contributed by atoms with Gasteiger partial charge in [0.1, 0.15) is 0 Å². The van der Waals surface area contributed by atoms with Gasteiger partial charge in [-0.15, -0.1) is 0 Å². The average molecular weight is 219 g/mol. The zero-order valence-corrected chi connectivity index (χ0v) is 10.7. The van der Waals surface area contributed by atoms with Crippen LogP contribution in [-0.4, -0.2) is 17.4 Å². The molecule has 1 atom stereocenters. The van der Waals surface area contributed by atoms with Gasteiger partial charge in [0, 0.05) is 13.5 Å². The Morgan fingerprint density at radius 2 is 2.00 bits per heavy atom. The third-order valence-corrected chi connectivity index (χ3v) is 2.98. The van der Waals surface area contributed by atoms with Gasteiger partial charge in [0.2, 0.25) is 5.91 Å². The number of carbonyl (C=O) groups is 1. The van der Waals surface area contributed by atoms with Crippen LogP contribution in [0.25, 0.3) is 0 Å². The van der Waals surface area contributed by atoms with Crippen LogP contribution in [-0.2, 0) is 4.79 Å². The highest BCUT2D eigenvalue weighted by Crippen LogP contribution is 2.23. The lowest BCUT2D eigenvalue weighted by Gasteiger charge is -2.29. The predicted octanol–water partition coefficient (Wildman–Crippen LogP) is 3.31. The maximum Gasteiger partial charge on any atom is 0.219 e.